The van der Waals surface area contributed by atoms with Gasteiger partial charge in [-0.2, -0.15) is 4.31 Å². The molecule has 2 aromatic carbocycles. The Hall–Kier alpha value is -1.94. The normalized spacial score (nSPS) is 13.3. The van der Waals surface area contributed by atoms with Gasteiger partial charge in [-0.25, -0.2) is 16.8 Å². The second-order valence-corrected chi connectivity index (χ2v) is 10.8. The molecule has 0 saturated heterocycles. The molecule has 0 aliphatic rings. The van der Waals surface area contributed by atoms with E-state index in [9.17, 15) is 21.6 Å². The highest BCUT2D eigenvalue weighted by molar-refractivity contribution is 7.90. The minimum absolute atomic E-state index is 0.0385. The number of hydrogen-bond donors (Lipinski definition) is 1. The first-order chi connectivity index (χ1) is 12.9. The summed E-state index contributed by atoms with van der Waals surface area (Å²) in [5, 5.41) is 3.11. The first kappa shape index (κ1) is 22.4. The number of halogens is 1. The lowest BCUT2D eigenvalue weighted by molar-refractivity contribution is -0.121. The Kier molecular flexibility index (Phi) is 6.87. The van der Waals surface area contributed by atoms with E-state index in [2.05, 4.69) is 5.32 Å². The lowest BCUT2D eigenvalue weighted by Gasteiger charge is -2.19. The van der Waals surface area contributed by atoms with E-state index in [1.807, 2.05) is 0 Å². The van der Waals surface area contributed by atoms with Gasteiger partial charge >= 0.3 is 0 Å². The van der Waals surface area contributed by atoms with Gasteiger partial charge < -0.3 is 5.32 Å². The first-order valence-electron chi connectivity index (χ1n) is 8.22. The van der Waals surface area contributed by atoms with Crippen LogP contribution in [0.5, 0.6) is 0 Å². The molecule has 1 amide bonds. The zero-order chi connectivity index (χ0) is 21.1. The summed E-state index contributed by atoms with van der Waals surface area (Å²) < 4.78 is 49.0. The molecule has 0 spiro atoms. The highest BCUT2D eigenvalue weighted by Crippen LogP contribution is 2.18. The number of likely N-dealkylation sites (N-methyl/N-ethyl adjacent to an activating group) is 1. The van der Waals surface area contributed by atoms with Crippen LogP contribution >= 0.6 is 11.6 Å². The minimum Gasteiger partial charge on any atom is -0.348 e. The van der Waals surface area contributed by atoms with Gasteiger partial charge in [-0.3, -0.25) is 4.79 Å². The van der Waals surface area contributed by atoms with Gasteiger partial charge in [0.25, 0.3) is 0 Å². The van der Waals surface area contributed by atoms with Gasteiger partial charge in [0.05, 0.1) is 22.4 Å². The molecule has 0 aromatic heterocycles. The van der Waals surface area contributed by atoms with E-state index >= 15 is 0 Å². The summed E-state index contributed by atoms with van der Waals surface area (Å²) >= 11 is 5.77. The molecule has 152 valence electrons. The number of amides is 1. The number of benzene rings is 2. The monoisotopic (exact) mass is 444 g/mol. The Morgan fingerprint density at radius 2 is 1.50 bits per heavy atom. The molecule has 0 saturated carbocycles. The van der Waals surface area contributed by atoms with Crippen molar-refractivity contribution in [2.45, 2.75) is 22.8 Å². The van der Waals surface area contributed by atoms with Crippen LogP contribution < -0.4 is 5.32 Å². The Morgan fingerprint density at radius 3 is 2.00 bits per heavy atom. The van der Waals surface area contributed by atoms with Crippen molar-refractivity contribution >= 4 is 37.4 Å². The van der Waals surface area contributed by atoms with Crippen LogP contribution in [-0.2, 0) is 24.7 Å². The number of hydrogen-bond acceptors (Lipinski definition) is 5. The summed E-state index contributed by atoms with van der Waals surface area (Å²) in [4.78, 5) is 12.5. The van der Waals surface area contributed by atoms with Crippen molar-refractivity contribution in [3.05, 3.63) is 59.1 Å². The summed E-state index contributed by atoms with van der Waals surface area (Å²) in [6, 6.07) is 11.4. The Morgan fingerprint density at radius 1 is 1.00 bits per heavy atom. The third-order valence-corrected chi connectivity index (χ3v) is 7.27. The van der Waals surface area contributed by atoms with Gasteiger partial charge in [0.1, 0.15) is 0 Å². The number of rotatable bonds is 7. The average Bonchev–Trinajstić information content (AvgIpc) is 2.61. The van der Waals surface area contributed by atoms with E-state index in [1.165, 1.54) is 43.4 Å². The zero-order valence-corrected chi connectivity index (χ0v) is 18.0. The van der Waals surface area contributed by atoms with Gasteiger partial charge in [-0.1, -0.05) is 23.7 Å². The van der Waals surface area contributed by atoms with Crippen LogP contribution in [0, 0.1) is 0 Å². The molecule has 0 heterocycles. The number of carbonyl (C=O) groups excluding carboxylic acids is 1. The van der Waals surface area contributed by atoms with Crippen molar-refractivity contribution in [2.24, 2.45) is 0 Å². The predicted octanol–water partition coefficient (Wildman–Crippen LogP) is 2.24. The summed E-state index contributed by atoms with van der Waals surface area (Å²) in [6.45, 7) is 1.36. The maximum absolute atomic E-state index is 12.5. The summed E-state index contributed by atoms with van der Waals surface area (Å²) in [5.41, 5.74) is 0.698. The SMILES string of the molecule is C[C@@H](NC(=O)CN(C)S(=O)(=O)c1ccc(Cl)cc1)c1ccc(S(C)(=O)=O)cc1. The molecule has 0 radical (unpaired) electrons. The molecular formula is C18H21ClN2O5S2. The fourth-order valence-corrected chi connectivity index (χ4v) is 4.33. The minimum atomic E-state index is -3.83. The fraction of sp³-hybridized carbons (Fsp3) is 0.278. The Bertz CT molecular complexity index is 1050. The van der Waals surface area contributed by atoms with Crippen LogP contribution in [0.15, 0.2) is 58.3 Å². The largest absolute Gasteiger partial charge is 0.348 e. The zero-order valence-electron chi connectivity index (χ0n) is 15.6. The van der Waals surface area contributed by atoms with Crippen molar-refractivity contribution in [2.75, 3.05) is 19.8 Å². The third kappa shape index (κ3) is 5.54. The van der Waals surface area contributed by atoms with Crippen molar-refractivity contribution in [3.8, 4) is 0 Å². The maximum atomic E-state index is 12.5. The molecular weight excluding hydrogens is 424 g/mol. The quantitative estimate of drug-likeness (QED) is 0.705. The highest BCUT2D eigenvalue weighted by Gasteiger charge is 2.23. The van der Waals surface area contributed by atoms with Crippen molar-refractivity contribution in [1.82, 2.24) is 9.62 Å². The van der Waals surface area contributed by atoms with Crippen LogP contribution in [0.1, 0.15) is 18.5 Å². The van der Waals surface area contributed by atoms with Crippen LogP contribution in [-0.4, -0.2) is 46.9 Å². The van der Waals surface area contributed by atoms with E-state index < -0.39 is 31.8 Å². The molecule has 0 bridgehead atoms. The standard InChI is InChI=1S/C18H21ClN2O5S2/c1-13(14-4-8-16(9-5-14)27(3,23)24)20-18(22)12-21(2)28(25,26)17-10-6-15(19)7-11-17/h4-11,13H,12H2,1-3H3,(H,20,22)/t13-/m1/s1. The van der Waals surface area contributed by atoms with Crippen molar-refractivity contribution in [3.63, 3.8) is 0 Å². The van der Waals surface area contributed by atoms with Crippen LogP contribution in [0.25, 0.3) is 0 Å². The topological polar surface area (TPSA) is 101 Å². The van der Waals surface area contributed by atoms with Crippen LogP contribution in [0.3, 0.4) is 0 Å². The molecule has 0 aliphatic carbocycles. The molecule has 28 heavy (non-hydrogen) atoms. The fourth-order valence-electron chi connectivity index (χ4n) is 2.45. The van der Waals surface area contributed by atoms with Crippen LogP contribution in [0.2, 0.25) is 5.02 Å². The highest BCUT2D eigenvalue weighted by atomic mass is 35.5. The molecule has 2 rings (SSSR count). The molecule has 2 aromatic rings. The number of sulfonamides is 1. The molecule has 10 heteroatoms. The van der Waals surface area contributed by atoms with E-state index in [0.29, 0.717) is 10.6 Å². The molecule has 0 fully saturated rings. The van der Waals surface area contributed by atoms with Gasteiger partial charge in [0, 0.05) is 18.3 Å². The number of carbonyl (C=O) groups is 1. The van der Waals surface area contributed by atoms with Gasteiger partial charge in [0.15, 0.2) is 9.84 Å². The number of sulfone groups is 1. The first-order valence-corrected chi connectivity index (χ1v) is 11.9. The van der Waals surface area contributed by atoms with Crippen molar-refractivity contribution < 1.29 is 21.6 Å². The molecule has 1 atom stereocenters. The van der Waals surface area contributed by atoms with Crippen molar-refractivity contribution in [1.29, 1.82) is 0 Å². The smallest absolute Gasteiger partial charge is 0.243 e. The maximum Gasteiger partial charge on any atom is 0.243 e. The van der Waals surface area contributed by atoms with Crippen LogP contribution in [0.4, 0.5) is 0 Å². The molecule has 7 nitrogen and oxygen atoms in total. The number of nitrogens with one attached hydrogen (secondary N) is 1. The Labute approximate surface area is 170 Å². The molecule has 0 unspecified atom stereocenters. The van der Waals surface area contributed by atoms with E-state index in [0.717, 1.165) is 10.6 Å². The summed E-state index contributed by atoms with van der Waals surface area (Å²) in [5.74, 6) is -0.486. The summed E-state index contributed by atoms with van der Waals surface area (Å²) in [6.07, 6.45) is 1.12. The Balaban J connectivity index is 2.03. The summed E-state index contributed by atoms with van der Waals surface area (Å²) in [7, 11) is -5.81. The number of nitrogens with zero attached hydrogens (tertiary/aromatic N) is 1. The molecule has 0 aliphatic heterocycles. The van der Waals surface area contributed by atoms with Gasteiger partial charge in [-0.15, -0.1) is 0 Å². The molecule has 1 N–H and O–H groups in total. The van der Waals surface area contributed by atoms with Gasteiger partial charge in [-0.05, 0) is 48.9 Å². The van der Waals surface area contributed by atoms with E-state index in [1.54, 1.807) is 19.1 Å². The lowest BCUT2D eigenvalue weighted by Crippen LogP contribution is -2.39. The second kappa shape index (κ2) is 8.60. The second-order valence-electron chi connectivity index (χ2n) is 6.35. The average molecular weight is 445 g/mol. The van der Waals surface area contributed by atoms with E-state index in [4.69, 9.17) is 11.6 Å². The lowest BCUT2D eigenvalue weighted by atomic mass is 10.1. The van der Waals surface area contributed by atoms with Gasteiger partial charge in [0.2, 0.25) is 15.9 Å². The third-order valence-electron chi connectivity index (χ3n) is 4.07. The predicted molar refractivity (Wildman–Crippen MR) is 107 cm³/mol. The van der Waals surface area contributed by atoms with E-state index in [-0.39, 0.29) is 16.3 Å².